The minimum Gasteiger partial charge on any atom is -0.497 e. The second-order valence-electron chi connectivity index (χ2n) is 3.89. The molecule has 1 saturated heterocycles. The third-order valence-electron chi connectivity index (χ3n) is 2.87. The molecule has 17 heavy (non-hydrogen) atoms. The number of rotatable bonds is 5. The Hall–Kier alpha value is -1.30. The number of aliphatic hydroxyl groups excluding tert-OH is 1. The molecule has 0 radical (unpaired) electrons. The zero-order valence-electron chi connectivity index (χ0n) is 10.0. The Morgan fingerprint density at radius 2 is 2.24 bits per heavy atom. The number of methoxy groups -OCH3 is 2. The van der Waals surface area contributed by atoms with E-state index in [2.05, 4.69) is 0 Å². The fraction of sp³-hybridized carbons (Fsp3) is 0.500. The van der Waals surface area contributed by atoms with Crippen LogP contribution in [0.5, 0.6) is 11.5 Å². The molecule has 1 aliphatic heterocycles. The van der Waals surface area contributed by atoms with Gasteiger partial charge in [0.15, 0.2) is 0 Å². The van der Waals surface area contributed by atoms with Crippen LogP contribution in [0.15, 0.2) is 18.2 Å². The fourth-order valence-electron chi connectivity index (χ4n) is 1.75. The number of aliphatic hydroxyl groups is 1. The normalized spacial score (nSPS) is 19.8. The molecule has 0 saturated carbocycles. The van der Waals surface area contributed by atoms with Gasteiger partial charge >= 0.3 is 0 Å². The van der Waals surface area contributed by atoms with Gasteiger partial charge in [-0.3, -0.25) is 4.84 Å². The summed E-state index contributed by atoms with van der Waals surface area (Å²) < 4.78 is 10.4. The van der Waals surface area contributed by atoms with Gasteiger partial charge in [-0.05, 0) is 6.07 Å². The van der Waals surface area contributed by atoms with Crippen LogP contribution in [0.1, 0.15) is 5.56 Å². The SMILES string of the molecule is COc1ccc(CN2OC[C@H]2CO)c(OC)c1. The summed E-state index contributed by atoms with van der Waals surface area (Å²) in [5, 5.41) is 10.8. The summed E-state index contributed by atoms with van der Waals surface area (Å²) in [6.45, 7) is 1.28. The van der Waals surface area contributed by atoms with Crippen LogP contribution < -0.4 is 9.47 Å². The van der Waals surface area contributed by atoms with Gasteiger partial charge in [0.05, 0.1) is 40.0 Å². The van der Waals surface area contributed by atoms with Crippen LogP contribution in [0, 0.1) is 0 Å². The number of ether oxygens (including phenoxy) is 2. The fourth-order valence-corrected chi connectivity index (χ4v) is 1.75. The Bertz CT molecular complexity index is 381. The Kier molecular flexibility index (Phi) is 3.83. The smallest absolute Gasteiger partial charge is 0.127 e. The lowest BCUT2D eigenvalue weighted by atomic mass is 10.1. The maximum absolute atomic E-state index is 9.07. The van der Waals surface area contributed by atoms with Crippen molar-refractivity contribution in [3.63, 3.8) is 0 Å². The number of hydroxylamine groups is 2. The van der Waals surface area contributed by atoms with E-state index in [1.165, 1.54) is 0 Å². The van der Waals surface area contributed by atoms with Gasteiger partial charge in [0, 0.05) is 11.6 Å². The zero-order valence-corrected chi connectivity index (χ0v) is 10.0. The van der Waals surface area contributed by atoms with Gasteiger partial charge in [-0.15, -0.1) is 0 Å². The van der Waals surface area contributed by atoms with E-state index < -0.39 is 0 Å². The molecule has 1 atom stereocenters. The maximum Gasteiger partial charge on any atom is 0.127 e. The van der Waals surface area contributed by atoms with E-state index in [0.717, 1.165) is 17.1 Å². The van der Waals surface area contributed by atoms with Crippen LogP contribution >= 0.6 is 0 Å². The molecule has 0 aromatic heterocycles. The molecule has 1 fully saturated rings. The molecule has 1 aliphatic rings. The molecule has 94 valence electrons. The van der Waals surface area contributed by atoms with Gasteiger partial charge in [-0.25, -0.2) is 0 Å². The van der Waals surface area contributed by atoms with Gasteiger partial charge in [-0.2, -0.15) is 5.06 Å². The molecule has 1 N–H and O–H groups in total. The van der Waals surface area contributed by atoms with E-state index in [0.29, 0.717) is 13.2 Å². The van der Waals surface area contributed by atoms with E-state index >= 15 is 0 Å². The average molecular weight is 239 g/mol. The number of hydrogen-bond acceptors (Lipinski definition) is 5. The standard InChI is InChI=1S/C12H17NO4/c1-15-11-4-3-9(12(5-11)16-2)6-13-10(7-14)8-17-13/h3-5,10,14H,6-8H2,1-2H3/t10-/m1/s1. The maximum atomic E-state index is 9.07. The molecular formula is C12H17NO4. The van der Waals surface area contributed by atoms with E-state index in [4.69, 9.17) is 19.4 Å². The quantitative estimate of drug-likeness (QED) is 0.824. The molecular weight excluding hydrogens is 222 g/mol. The Morgan fingerprint density at radius 1 is 1.41 bits per heavy atom. The van der Waals surface area contributed by atoms with E-state index in [1.807, 2.05) is 18.2 Å². The summed E-state index contributed by atoms with van der Waals surface area (Å²) in [5.74, 6) is 1.52. The van der Waals surface area contributed by atoms with Crippen molar-refractivity contribution in [3.05, 3.63) is 23.8 Å². The molecule has 1 aromatic rings. The highest BCUT2D eigenvalue weighted by molar-refractivity contribution is 5.40. The Balaban J connectivity index is 2.09. The van der Waals surface area contributed by atoms with Crippen LogP contribution in [-0.4, -0.2) is 43.6 Å². The van der Waals surface area contributed by atoms with Crippen molar-refractivity contribution in [2.75, 3.05) is 27.4 Å². The predicted molar refractivity (Wildman–Crippen MR) is 61.9 cm³/mol. The third-order valence-corrected chi connectivity index (χ3v) is 2.87. The van der Waals surface area contributed by atoms with Gasteiger partial charge in [0.25, 0.3) is 0 Å². The largest absolute Gasteiger partial charge is 0.497 e. The van der Waals surface area contributed by atoms with Crippen molar-refractivity contribution in [1.29, 1.82) is 0 Å². The minimum absolute atomic E-state index is 0.0850. The molecule has 1 heterocycles. The molecule has 5 heteroatoms. The van der Waals surface area contributed by atoms with Crippen molar-refractivity contribution in [2.45, 2.75) is 12.6 Å². The van der Waals surface area contributed by atoms with Crippen molar-refractivity contribution in [3.8, 4) is 11.5 Å². The Labute approximate surface area is 100 Å². The molecule has 2 rings (SSSR count). The number of nitrogens with zero attached hydrogens (tertiary/aromatic N) is 1. The van der Waals surface area contributed by atoms with Crippen LogP contribution in [0.4, 0.5) is 0 Å². The van der Waals surface area contributed by atoms with Crippen LogP contribution in [0.2, 0.25) is 0 Å². The van der Waals surface area contributed by atoms with Gasteiger partial charge in [-0.1, -0.05) is 6.07 Å². The average Bonchev–Trinajstić information content (AvgIpc) is 2.35. The minimum atomic E-state index is 0.0850. The van der Waals surface area contributed by atoms with Crippen molar-refractivity contribution < 1.29 is 19.4 Å². The summed E-state index contributed by atoms with van der Waals surface area (Å²) in [7, 11) is 3.24. The third kappa shape index (κ3) is 2.52. The molecule has 0 aliphatic carbocycles. The molecule has 1 aromatic carbocycles. The first-order chi connectivity index (χ1) is 8.28. The number of hydrogen-bond donors (Lipinski definition) is 1. The Morgan fingerprint density at radius 3 is 2.76 bits per heavy atom. The predicted octanol–water partition coefficient (Wildman–Crippen LogP) is 0.812. The van der Waals surface area contributed by atoms with Gasteiger partial charge in [0.1, 0.15) is 11.5 Å². The lowest BCUT2D eigenvalue weighted by Crippen LogP contribution is -2.51. The first-order valence-electron chi connectivity index (χ1n) is 5.49. The highest BCUT2D eigenvalue weighted by Crippen LogP contribution is 2.27. The highest BCUT2D eigenvalue weighted by Gasteiger charge is 2.29. The summed E-state index contributed by atoms with van der Waals surface area (Å²) in [5.41, 5.74) is 1.01. The van der Waals surface area contributed by atoms with Crippen LogP contribution in [-0.2, 0) is 11.4 Å². The second-order valence-corrected chi connectivity index (χ2v) is 3.89. The lowest BCUT2D eigenvalue weighted by molar-refractivity contribution is -0.302. The summed E-state index contributed by atoms with van der Waals surface area (Å²) in [6.07, 6.45) is 0. The van der Waals surface area contributed by atoms with Crippen LogP contribution in [0.3, 0.4) is 0 Å². The van der Waals surface area contributed by atoms with E-state index in [1.54, 1.807) is 19.3 Å². The monoisotopic (exact) mass is 239 g/mol. The summed E-state index contributed by atoms with van der Waals surface area (Å²) >= 11 is 0. The van der Waals surface area contributed by atoms with Crippen LogP contribution in [0.25, 0.3) is 0 Å². The van der Waals surface area contributed by atoms with E-state index in [-0.39, 0.29) is 12.6 Å². The van der Waals surface area contributed by atoms with E-state index in [9.17, 15) is 0 Å². The van der Waals surface area contributed by atoms with Crippen molar-refractivity contribution in [1.82, 2.24) is 5.06 Å². The molecule has 0 spiro atoms. The van der Waals surface area contributed by atoms with Crippen molar-refractivity contribution in [2.24, 2.45) is 0 Å². The molecule has 0 unspecified atom stereocenters. The number of benzene rings is 1. The van der Waals surface area contributed by atoms with Crippen molar-refractivity contribution >= 4 is 0 Å². The molecule has 0 bridgehead atoms. The zero-order chi connectivity index (χ0) is 12.3. The first-order valence-corrected chi connectivity index (χ1v) is 5.49. The molecule has 0 amide bonds. The highest BCUT2D eigenvalue weighted by atomic mass is 16.7. The van der Waals surface area contributed by atoms with Gasteiger partial charge < -0.3 is 14.6 Å². The molecule has 5 nitrogen and oxygen atoms in total. The lowest BCUT2D eigenvalue weighted by Gasteiger charge is -2.38. The first kappa shape index (κ1) is 12.2. The topological polar surface area (TPSA) is 51.2 Å². The summed E-state index contributed by atoms with van der Waals surface area (Å²) in [6, 6.07) is 5.74. The summed E-state index contributed by atoms with van der Waals surface area (Å²) in [4.78, 5) is 5.28. The second kappa shape index (κ2) is 5.35. The van der Waals surface area contributed by atoms with Gasteiger partial charge in [0.2, 0.25) is 0 Å².